The van der Waals surface area contributed by atoms with Crippen molar-refractivity contribution in [3.8, 4) is 0 Å². The van der Waals surface area contributed by atoms with Gasteiger partial charge in [-0.3, -0.25) is 0 Å². The molecule has 0 aliphatic heterocycles. The summed E-state index contributed by atoms with van der Waals surface area (Å²) in [6.45, 7) is 1.15. The van der Waals surface area contributed by atoms with E-state index in [1.165, 1.54) is 0 Å². The number of methoxy groups -OCH3 is 1. The van der Waals surface area contributed by atoms with Crippen molar-refractivity contribution in [1.82, 2.24) is 10.1 Å². The minimum absolute atomic E-state index is 0.0372. The number of nitrogens with two attached hydrogens (primary N) is 1. The molecule has 0 aliphatic rings. The quantitative estimate of drug-likeness (QED) is 0.768. The normalized spacial score (nSPS) is 12.5. The molecular formula is C14H19N3O2. The van der Waals surface area contributed by atoms with Crippen LogP contribution in [0.4, 0.5) is 0 Å². The van der Waals surface area contributed by atoms with E-state index in [1.54, 1.807) is 7.11 Å². The maximum Gasteiger partial charge on any atom is 0.235 e. The summed E-state index contributed by atoms with van der Waals surface area (Å²) < 4.78 is 10.3. The van der Waals surface area contributed by atoms with Gasteiger partial charge in [-0.25, -0.2) is 0 Å². The van der Waals surface area contributed by atoms with Crippen LogP contribution in [0, 0.1) is 0 Å². The Morgan fingerprint density at radius 2 is 2.11 bits per heavy atom. The highest BCUT2D eigenvalue weighted by Gasteiger charge is 2.19. The molecule has 2 aromatic rings. The first-order chi connectivity index (χ1) is 9.35. The van der Waals surface area contributed by atoms with Crippen LogP contribution in [-0.2, 0) is 11.2 Å². The smallest absolute Gasteiger partial charge is 0.235 e. The topological polar surface area (TPSA) is 74.2 Å². The predicted molar refractivity (Wildman–Crippen MR) is 71.8 cm³/mol. The lowest BCUT2D eigenvalue weighted by Gasteiger charge is -2.09. The molecule has 1 aromatic heterocycles. The lowest BCUT2D eigenvalue weighted by Crippen LogP contribution is -2.14. The summed E-state index contributed by atoms with van der Waals surface area (Å²) in [7, 11) is 1.68. The Balaban J connectivity index is 2.07. The average molecular weight is 261 g/mol. The van der Waals surface area contributed by atoms with E-state index in [2.05, 4.69) is 10.1 Å². The van der Waals surface area contributed by atoms with E-state index >= 15 is 0 Å². The van der Waals surface area contributed by atoms with Gasteiger partial charge in [0.05, 0.1) is 5.92 Å². The number of benzene rings is 1. The van der Waals surface area contributed by atoms with Gasteiger partial charge in [-0.15, -0.1) is 0 Å². The Morgan fingerprint density at radius 1 is 1.32 bits per heavy atom. The molecule has 1 aromatic carbocycles. The molecule has 0 radical (unpaired) electrons. The molecule has 2 N–H and O–H groups in total. The van der Waals surface area contributed by atoms with Gasteiger partial charge in [0.1, 0.15) is 0 Å². The maximum atomic E-state index is 5.82. The SMILES string of the molecule is COCCCc1noc(C(CN)c2ccccc2)n1. The van der Waals surface area contributed by atoms with Gasteiger partial charge in [0.2, 0.25) is 5.89 Å². The molecule has 102 valence electrons. The summed E-state index contributed by atoms with van der Waals surface area (Å²) in [6, 6.07) is 9.97. The largest absolute Gasteiger partial charge is 0.385 e. The fourth-order valence-corrected chi connectivity index (χ4v) is 1.95. The minimum Gasteiger partial charge on any atom is -0.385 e. The van der Waals surface area contributed by atoms with Crippen LogP contribution in [-0.4, -0.2) is 30.4 Å². The van der Waals surface area contributed by atoms with E-state index in [9.17, 15) is 0 Å². The molecule has 0 fully saturated rings. The van der Waals surface area contributed by atoms with Crippen molar-refractivity contribution in [2.45, 2.75) is 18.8 Å². The lowest BCUT2D eigenvalue weighted by atomic mass is 9.99. The Labute approximate surface area is 112 Å². The Morgan fingerprint density at radius 3 is 2.79 bits per heavy atom. The third-order valence-electron chi connectivity index (χ3n) is 2.97. The number of aromatic nitrogens is 2. The van der Waals surface area contributed by atoms with Crippen LogP contribution in [0.15, 0.2) is 34.9 Å². The molecule has 0 saturated carbocycles. The first-order valence-corrected chi connectivity index (χ1v) is 6.41. The fraction of sp³-hybridized carbons (Fsp3) is 0.429. The van der Waals surface area contributed by atoms with Gasteiger partial charge >= 0.3 is 0 Å². The van der Waals surface area contributed by atoms with Crippen LogP contribution >= 0.6 is 0 Å². The Hall–Kier alpha value is -1.72. The van der Waals surface area contributed by atoms with Gasteiger partial charge in [-0.2, -0.15) is 4.98 Å². The van der Waals surface area contributed by atoms with E-state index < -0.39 is 0 Å². The zero-order valence-electron chi connectivity index (χ0n) is 11.1. The van der Waals surface area contributed by atoms with Gasteiger partial charge in [0.15, 0.2) is 5.82 Å². The first kappa shape index (κ1) is 13.7. The van der Waals surface area contributed by atoms with Gasteiger partial charge < -0.3 is 15.0 Å². The molecule has 1 unspecified atom stereocenters. The highest BCUT2D eigenvalue weighted by molar-refractivity contribution is 5.24. The molecule has 0 bridgehead atoms. The monoisotopic (exact) mass is 261 g/mol. The highest BCUT2D eigenvalue weighted by atomic mass is 16.5. The van der Waals surface area contributed by atoms with Crippen LogP contribution in [0.1, 0.15) is 29.6 Å². The van der Waals surface area contributed by atoms with Crippen molar-refractivity contribution in [2.24, 2.45) is 5.73 Å². The van der Waals surface area contributed by atoms with Gasteiger partial charge in [0.25, 0.3) is 0 Å². The van der Waals surface area contributed by atoms with E-state index in [1.807, 2.05) is 30.3 Å². The summed E-state index contributed by atoms with van der Waals surface area (Å²) in [5.74, 6) is 1.26. The second-order valence-corrected chi connectivity index (χ2v) is 4.34. The van der Waals surface area contributed by atoms with Crippen LogP contribution in [0.3, 0.4) is 0 Å². The van der Waals surface area contributed by atoms with E-state index in [0.717, 1.165) is 18.4 Å². The van der Waals surface area contributed by atoms with Crippen molar-refractivity contribution in [3.05, 3.63) is 47.6 Å². The summed E-state index contributed by atoms with van der Waals surface area (Å²) in [5, 5.41) is 3.99. The van der Waals surface area contributed by atoms with Crippen molar-refractivity contribution in [1.29, 1.82) is 0 Å². The minimum atomic E-state index is -0.0372. The molecule has 5 nitrogen and oxygen atoms in total. The van der Waals surface area contributed by atoms with Crippen molar-refractivity contribution in [3.63, 3.8) is 0 Å². The zero-order chi connectivity index (χ0) is 13.5. The number of rotatable bonds is 7. The van der Waals surface area contributed by atoms with E-state index in [0.29, 0.717) is 24.9 Å². The third-order valence-corrected chi connectivity index (χ3v) is 2.97. The van der Waals surface area contributed by atoms with E-state index in [4.69, 9.17) is 15.0 Å². The molecule has 0 spiro atoms. The second-order valence-electron chi connectivity index (χ2n) is 4.34. The Bertz CT molecular complexity index is 484. The molecule has 5 heteroatoms. The second kappa shape index (κ2) is 7.01. The fourth-order valence-electron chi connectivity index (χ4n) is 1.95. The summed E-state index contributed by atoms with van der Waals surface area (Å²) in [5.41, 5.74) is 6.91. The van der Waals surface area contributed by atoms with Crippen molar-refractivity contribution < 1.29 is 9.26 Å². The van der Waals surface area contributed by atoms with Gasteiger partial charge in [-0.05, 0) is 12.0 Å². The summed E-state index contributed by atoms with van der Waals surface area (Å²) >= 11 is 0. The van der Waals surface area contributed by atoms with Crippen molar-refractivity contribution in [2.75, 3.05) is 20.3 Å². The van der Waals surface area contributed by atoms with Crippen LogP contribution < -0.4 is 5.73 Å². The molecule has 19 heavy (non-hydrogen) atoms. The molecular weight excluding hydrogens is 242 g/mol. The predicted octanol–water partition coefficient (Wildman–Crippen LogP) is 1.74. The molecule has 2 rings (SSSR count). The summed E-state index contributed by atoms with van der Waals surface area (Å²) in [6.07, 6.45) is 1.64. The van der Waals surface area contributed by atoms with Crippen LogP contribution in [0.2, 0.25) is 0 Å². The maximum absolute atomic E-state index is 5.82. The first-order valence-electron chi connectivity index (χ1n) is 6.41. The highest BCUT2D eigenvalue weighted by Crippen LogP contribution is 2.21. The molecule has 1 atom stereocenters. The molecule has 0 saturated heterocycles. The lowest BCUT2D eigenvalue weighted by molar-refractivity contribution is 0.194. The van der Waals surface area contributed by atoms with Crippen LogP contribution in [0.5, 0.6) is 0 Å². The average Bonchev–Trinajstić information content (AvgIpc) is 2.90. The number of hydrogen-bond acceptors (Lipinski definition) is 5. The Kier molecular flexibility index (Phi) is 5.06. The van der Waals surface area contributed by atoms with E-state index in [-0.39, 0.29) is 5.92 Å². The molecule has 1 heterocycles. The van der Waals surface area contributed by atoms with Crippen molar-refractivity contribution >= 4 is 0 Å². The summed E-state index contributed by atoms with van der Waals surface area (Å²) in [4.78, 5) is 4.42. The van der Waals surface area contributed by atoms with Gasteiger partial charge in [0, 0.05) is 26.7 Å². The molecule has 0 amide bonds. The van der Waals surface area contributed by atoms with Crippen LogP contribution in [0.25, 0.3) is 0 Å². The number of nitrogens with zero attached hydrogens (tertiary/aromatic N) is 2. The number of aryl methyl sites for hydroxylation is 1. The number of hydrogen-bond donors (Lipinski definition) is 1. The standard InChI is InChI=1S/C14H19N3O2/c1-18-9-5-8-13-16-14(19-17-13)12(10-15)11-6-3-2-4-7-11/h2-4,6-7,12H,5,8-10,15H2,1H3. The number of ether oxygens (including phenoxy) is 1. The third kappa shape index (κ3) is 3.62. The zero-order valence-corrected chi connectivity index (χ0v) is 11.1. The molecule has 0 aliphatic carbocycles. The van der Waals surface area contributed by atoms with Gasteiger partial charge in [-0.1, -0.05) is 35.5 Å².